The van der Waals surface area contributed by atoms with Crippen LogP contribution in [0.15, 0.2) is 17.1 Å². The Balaban J connectivity index is 1.89. The molecule has 0 saturated carbocycles. The van der Waals surface area contributed by atoms with Gasteiger partial charge >= 0.3 is 0 Å². The number of fused-ring (bicyclic) bond motifs is 1. The highest BCUT2D eigenvalue weighted by Crippen LogP contribution is 2.25. The fraction of sp³-hybridized carbons (Fsp3) is 0.462. The molecule has 5 nitrogen and oxygen atoms in total. The first kappa shape index (κ1) is 12.3. The van der Waals surface area contributed by atoms with Crippen LogP contribution < -0.4 is 10.3 Å². The van der Waals surface area contributed by atoms with Crippen LogP contribution in [0.25, 0.3) is 0 Å². The molecule has 19 heavy (non-hydrogen) atoms. The Morgan fingerprint density at radius 3 is 3.05 bits per heavy atom. The second kappa shape index (κ2) is 4.77. The largest absolute Gasteiger partial charge is 0.364 e. The van der Waals surface area contributed by atoms with E-state index in [0.29, 0.717) is 12.5 Å². The van der Waals surface area contributed by atoms with Crippen molar-refractivity contribution in [1.82, 2.24) is 14.3 Å². The van der Waals surface area contributed by atoms with E-state index in [1.165, 1.54) is 11.5 Å². The highest BCUT2D eigenvalue weighted by molar-refractivity contribution is 7.09. The third kappa shape index (κ3) is 2.28. The Bertz CT molecular complexity index is 646. The summed E-state index contributed by atoms with van der Waals surface area (Å²) < 4.78 is 4.37. The molecule has 6 heteroatoms. The molecule has 1 aliphatic rings. The number of aromatic amines is 1. The fourth-order valence-electron chi connectivity index (χ4n) is 2.22. The zero-order valence-electron chi connectivity index (χ0n) is 11.0. The minimum atomic E-state index is 0.104. The molecule has 1 aliphatic heterocycles. The van der Waals surface area contributed by atoms with Gasteiger partial charge in [0.2, 0.25) is 5.13 Å². The summed E-state index contributed by atoms with van der Waals surface area (Å²) >= 11 is 1.42. The number of nitrogens with one attached hydrogen (secondary N) is 1. The van der Waals surface area contributed by atoms with Gasteiger partial charge < -0.3 is 9.88 Å². The van der Waals surface area contributed by atoms with E-state index in [1.807, 2.05) is 0 Å². The van der Waals surface area contributed by atoms with Crippen LogP contribution in [0.4, 0.5) is 5.13 Å². The van der Waals surface area contributed by atoms with Crippen LogP contribution in [0.3, 0.4) is 0 Å². The highest BCUT2D eigenvalue weighted by Gasteiger charge is 2.22. The van der Waals surface area contributed by atoms with Crippen molar-refractivity contribution in [1.29, 1.82) is 0 Å². The van der Waals surface area contributed by atoms with E-state index >= 15 is 0 Å². The van der Waals surface area contributed by atoms with Crippen molar-refractivity contribution in [2.45, 2.75) is 32.7 Å². The first-order valence-corrected chi connectivity index (χ1v) is 7.20. The SMILES string of the molecule is CC(C)c1nsc(N2CCc3[nH]ccc(=O)c3C2)n1. The number of anilines is 1. The van der Waals surface area contributed by atoms with E-state index in [9.17, 15) is 4.79 Å². The maximum Gasteiger partial charge on any atom is 0.205 e. The summed E-state index contributed by atoms with van der Waals surface area (Å²) in [7, 11) is 0. The van der Waals surface area contributed by atoms with Gasteiger partial charge in [-0.2, -0.15) is 4.37 Å². The topological polar surface area (TPSA) is 61.9 Å². The van der Waals surface area contributed by atoms with Gasteiger partial charge in [0.15, 0.2) is 5.43 Å². The summed E-state index contributed by atoms with van der Waals surface area (Å²) in [6.45, 7) is 5.67. The van der Waals surface area contributed by atoms with Crippen molar-refractivity contribution in [3.05, 3.63) is 39.6 Å². The summed E-state index contributed by atoms with van der Waals surface area (Å²) in [5, 5.41) is 0.914. The van der Waals surface area contributed by atoms with Crippen molar-refractivity contribution in [2.75, 3.05) is 11.4 Å². The van der Waals surface area contributed by atoms with Crippen molar-refractivity contribution in [3.63, 3.8) is 0 Å². The molecule has 0 aliphatic carbocycles. The molecule has 1 N–H and O–H groups in total. The van der Waals surface area contributed by atoms with Crippen LogP contribution in [0.2, 0.25) is 0 Å². The van der Waals surface area contributed by atoms with Crippen molar-refractivity contribution in [2.24, 2.45) is 0 Å². The maximum absolute atomic E-state index is 11.9. The van der Waals surface area contributed by atoms with Gasteiger partial charge in [-0.25, -0.2) is 4.98 Å². The number of rotatable bonds is 2. The molecule has 3 rings (SSSR count). The van der Waals surface area contributed by atoms with Crippen LogP contribution in [0.5, 0.6) is 0 Å². The molecule has 2 aromatic rings. The second-order valence-electron chi connectivity index (χ2n) is 5.06. The van der Waals surface area contributed by atoms with E-state index in [0.717, 1.165) is 35.2 Å². The molecule has 100 valence electrons. The molecular weight excluding hydrogens is 260 g/mol. The lowest BCUT2D eigenvalue weighted by molar-refractivity contribution is 0.700. The lowest BCUT2D eigenvalue weighted by atomic mass is 10.1. The van der Waals surface area contributed by atoms with E-state index in [2.05, 4.69) is 33.1 Å². The number of nitrogens with zero attached hydrogens (tertiary/aromatic N) is 3. The minimum absolute atomic E-state index is 0.104. The number of aromatic nitrogens is 3. The van der Waals surface area contributed by atoms with Crippen molar-refractivity contribution >= 4 is 16.7 Å². The molecule has 0 radical (unpaired) electrons. The smallest absolute Gasteiger partial charge is 0.205 e. The zero-order valence-corrected chi connectivity index (χ0v) is 11.8. The predicted octanol–water partition coefficient (Wildman–Crippen LogP) is 1.91. The molecule has 3 heterocycles. The number of H-pyrrole nitrogens is 1. The molecule has 0 unspecified atom stereocenters. The quantitative estimate of drug-likeness (QED) is 0.910. The standard InChI is InChI=1S/C13H16N4OS/c1-8(2)12-15-13(19-16-12)17-6-4-10-9(7-17)11(18)3-5-14-10/h3,5,8H,4,6-7H2,1-2H3,(H,14,18). The van der Waals surface area contributed by atoms with Gasteiger partial charge in [-0.3, -0.25) is 4.79 Å². The van der Waals surface area contributed by atoms with Gasteiger partial charge in [0.1, 0.15) is 5.82 Å². The van der Waals surface area contributed by atoms with Crippen LogP contribution in [0.1, 0.15) is 36.8 Å². The van der Waals surface area contributed by atoms with E-state index in [1.54, 1.807) is 12.3 Å². The first-order valence-electron chi connectivity index (χ1n) is 6.43. The monoisotopic (exact) mass is 276 g/mol. The number of pyridine rings is 1. The summed E-state index contributed by atoms with van der Waals surface area (Å²) in [6, 6.07) is 1.59. The lowest BCUT2D eigenvalue weighted by Crippen LogP contribution is -2.34. The van der Waals surface area contributed by atoms with Crippen molar-refractivity contribution < 1.29 is 0 Å². The summed E-state index contributed by atoms with van der Waals surface area (Å²) in [4.78, 5) is 21.7. The van der Waals surface area contributed by atoms with Crippen LogP contribution in [-0.2, 0) is 13.0 Å². The average Bonchev–Trinajstić information content (AvgIpc) is 2.89. The Morgan fingerprint density at radius 1 is 1.47 bits per heavy atom. The van der Waals surface area contributed by atoms with Crippen LogP contribution >= 0.6 is 11.5 Å². The molecule has 0 atom stereocenters. The Labute approximate surface area is 115 Å². The number of hydrogen-bond acceptors (Lipinski definition) is 5. The molecule has 0 spiro atoms. The van der Waals surface area contributed by atoms with E-state index in [-0.39, 0.29) is 5.43 Å². The van der Waals surface area contributed by atoms with Gasteiger partial charge in [-0.15, -0.1) is 0 Å². The normalized spacial score (nSPS) is 14.8. The molecule has 0 amide bonds. The average molecular weight is 276 g/mol. The molecule has 0 aromatic carbocycles. The lowest BCUT2D eigenvalue weighted by Gasteiger charge is -2.27. The fourth-order valence-corrected chi connectivity index (χ4v) is 3.05. The van der Waals surface area contributed by atoms with E-state index < -0.39 is 0 Å². The van der Waals surface area contributed by atoms with Crippen LogP contribution in [0, 0.1) is 0 Å². The van der Waals surface area contributed by atoms with Gasteiger partial charge in [0, 0.05) is 53.9 Å². The molecular formula is C13H16N4OS. The third-order valence-corrected chi connectivity index (χ3v) is 4.14. The molecule has 0 fully saturated rings. The zero-order chi connectivity index (χ0) is 13.4. The Hall–Kier alpha value is -1.69. The van der Waals surface area contributed by atoms with Gasteiger partial charge in [0.25, 0.3) is 0 Å². The molecule has 0 saturated heterocycles. The summed E-state index contributed by atoms with van der Waals surface area (Å²) in [5.41, 5.74) is 2.01. The van der Waals surface area contributed by atoms with Crippen LogP contribution in [-0.4, -0.2) is 20.9 Å². The van der Waals surface area contributed by atoms with E-state index in [4.69, 9.17) is 0 Å². The Kier molecular flexibility index (Phi) is 3.10. The highest BCUT2D eigenvalue weighted by atomic mass is 32.1. The molecule has 2 aromatic heterocycles. The number of hydrogen-bond donors (Lipinski definition) is 1. The second-order valence-corrected chi connectivity index (χ2v) is 5.79. The maximum atomic E-state index is 11.9. The van der Waals surface area contributed by atoms with Gasteiger partial charge in [0.05, 0.1) is 6.54 Å². The third-order valence-electron chi connectivity index (χ3n) is 3.35. The summed E-state index contributed by atoms with van der Waals surface area (Å²) in [5.74, 6) is 1.22. The first-order chi connectivity index (χ1) is 9.15. The minimum Gasteiger partial charge on any atom is -0.364 e. The van der Waals surface area contributed by atoms with Gasteiger partial charge in [-0.1, -0.05) is 13.8 Å². The van der Waals surface area contributed by atoms with Crippen molar-refractivity contribution in [3.8, 4) is 0 Å². The molecule has 0 bridgehead atoms. The summed E-state index contributed by atoms with van der Waals surface area (Å²) in [6.07, 6.45) is 2.57. The van der Waals surface area contributed by atoms with Gasteiger partial charge in [-0.05, 0) is 0 Å². The predicted molar refractivity (Wildman–Crippen MR) is 75.8 cm³/mol. The Morgan fingerprint density at radius 2 is 2.32 bits per heavy atom.